The van der Waals surface area contributed by atoms with E-state index in [0.29, 0.717) is 16.2 Å². The minimum Gasteiger partial charge on any atom is -0.304 e. The molecular formula is C17H12ClN3O. The van der Waals surface area contributed by atoms with Gasteiger partial charge >= 0.3 is 5.69 Å². The normalized spacial score (nSPS) is 11.4. The number of para-hydroxylation sites is 2. The summed E-state index contributed by atoms with van der Waals surface area (Å²) >= 11 is 6.28. The first-order valence-electron chi connectivity index (χ1n) is 6.91. The molecule has 2 aromatic carbocycles. The zero-order valence-electron chi connectivity index (χ0n) is 11.8. The third-order valence-electron chi connectivity index (χ3n) is 3.83. The summed E-state index contributed by atoms with van der Waals surface area (Å²) in [7, 11) is 0. The molecule has 0 amide bonds. The fourth-order valence-electron chi connectivity index (χ4n) is 2.82. The molecule has 0 spiro atoms. The highest BCUT2D eigenvalue weighted by molar-refractivity contribution is 6.32. The summed E-state index contributed by atoms with van der Waals surface area (Å²) in [5.74, 6) is 0. The number of nitrogens with zero attached hydrogens (tertiary/aromatic N) is 2. The van der Waals surface area contributed by atoms with Crippen molar-refractivity contribution in [2.24, 2.45) is 0 Å². The molecule has 5 heteroatoms. The van der Waals surface area contributed by atoms with Crippen LogP contribution in [0.5, 0.6) is 0 Å². The quantitative estimate of drug-likeness (QED) is 0.581. The van der Waals surface area contributed by atoms with Crippen LogP contribution in [0, 0.1) is 6.92 Å². The lowest BCUT2D eigenvalue weighted by Crippen LogP contribution is -2.15. The predicted octanol–water partition coefficient (Wildman–Crippen LogP) is 3.83. The zero-order chi connectivity index (χ0) is 15.3. The number of hydrogen-bond acceptors (Lipinski definition) is 2. The SMILES string of the molecule is Cc1cccc2c1ncc1[nH]c(=O)n(-c3ccccc3Cl)c12. The number of benzene rings is 2. The Morgan fingerprint density at radius 1 is 1.14 bits per heavy atom. The van der Waals surface area contributed by atoms with Crippen LogP contribution in [-0.2, 0) is 0 Å². The molecule has 22 heavy (non-hydrogen) atoms. The van der Waals surface area contributed by atoms with Gasteiger partial charge in [0.1, 0.15) is 0 Å². The number of nitrogens with one attached hydrogen (secondary N) is 1. The Kier molecular flexibility index (Phi) is 2.81. The molecule has 0 aliphatic rings. The maximum absolute atomic E-state index is 12.4. The van der Waals surface area contributed by atoms with Crippen LogP contribution in [0.2, 0.25) is 5.02 Å². The fourth-order valence-corrected chi connectivity index (χ4v) is 3.04. The average Bonchev–Trinajstić information content (AvgIpc) is 2.84. The molecular weight excluding hydrogens is 298 g/mol. The maximum atomic E-state index is 12.4. The molecule has 0 aliphatic heterocycles. The van der Waals surface area contributed by atoms with Crippen molar-refractivity contribution in [1.29, 1.82) is 0 Å². The van der Waals surface area contributed by atoms with Crippen molar-refractivity contribution in [2.75, 3.05) is 0 Å². The number of fused-ring (bicyclic) bond motifs is 3. The van der Waals surface area contributed by atoms with E-state index in [2.05, 4.69) is 9.97 Å². The van der Waals surface area contributed by atoms with Crippen LogP contribution in [0.1, 0.15) is 5.56 Å². The first-order valence-corrected chi connectivity index (χ1v) is 7.28. The van der Waals surface area contributed by atoms with E-state index in [4.69, 9.17) is 11.6 Å². The Hall–Kier alpha value is -2.59. The van der Waals surface area contributed by atoms with Crippen LogP contribution in [0.25, 0.3) is 27.6 Å². The molecule has 4 nitrogen and oxygen atoms in total. The van der Waals surface area contributed by atoms with Gasteiger partial charge in [-0.2, -0.15) is 0 Å². The van der Waals surface area contributed by atoms with Gasteiger partial charge in [-0.05, 0) is 24.6 Å². The number of aryl methyl sites for hydroxylation is 1. The largest absolute Gasteiger partial charge is 0.331 e. The Balaban J connectivity index is 2.24. The molecule has 0 fully saturated rings. The Morgan fingerprint density at radius 2 is 1.95 bits per heavy atom. The van der Waals surface area contributed by atoms with Gasteiger partial charge in [0.15, 0.2) is 0 Å². The van der Waals surface area contributed by atoms with Crippen LogP contribution in [-0.4, -0.2) is 14.5 Å². The van der Waals surface area contributed by atoms with E-state index in [0.717, 1.165) is 22.0 Å². The summed E-state index contributed by atoms with van der Waals surface area (Å²) in [5, 5.41) is 1.46. The van der Waals surface area contributed by atoms with Gasteiger partial charge in [-0.15, -0.1) is 0 Å². The monoisotopic (exact) mass is 309 g/mol. The number of H-pyrrole nitrogens is 1. The molecule has 0 atom stereocenters. The van der Waals surface area contributed by atoms with Gasteiger partial charge in [0.2, 0.25) is 0 Å². The number of aromatic nitrogens is 3. The smallest absolute Gasteiger partial charge is 0.304 e. The van der Waals surface area contributed by atoms with Crippen LogP contribution in [0.3, 0.4) is 0 Å². The van der Waals surface area contributed by atoms with Crippen LogP contribution >= 0.6 is 11.6 Å². The number of hydrogen-bond donors (Lipinski definition) is 1. The van der Waals surface area contributed by atoms with E-state index in [1.807, 2.05) is 43.3 Å². The molecule has 0 aliphatic carbocycles. The molecule has 2 aromatic heterocycles. The van der Waals surface area contributed by atoms with E-state index < -0.39 is 0 Å². The van der Waals surface area contributed by atoms with Gasteiger partial charge in [-0.1, -0.05) is 41.9 Å². The molecule has 0 bridgehead atoms. The van der Waals surface area contributed by atoms with Crippen molar-refractivity contribution >= 4 is 33.5 Å². The van der Waals surface area contributed by atoms with Gasteiger partial charge < -0.3 is 4.98 Å². The lowest BCUT2D eigenvalue weighted by Gasteiger charge is -2.08. The van der Waals surface area contributed by atoms with Gasteiger partial charge in [0, 0.05) is 5.39 Å². The lowest BCUT2D eigenvalue weighted by atomic mass is 10.1. The minimum atomic E-state index is -0.223. The third-order valence-corrected chi connectivity index (χ3v) is 4.15. The second kappa shape index (κ2) is 4.71. The highest BCUT2D eigenvalue weighted by Gasteiger charge is 2.15. The third kappa shape index (κ3) is 1.77. The van der Waals surface area contributed by atoms with E-state index in [1.165, 1.54) is 0 Å². The molecule has 0 unspecified atom stereocenters. The van der Waals surface area contributed by atoms with Crippen molar-refractivity contribution in [1.82, 2.24) is 14.5 Å². The zero-order valence-corrected chi connectivity index (χ0v) is 12.6. The number of halogens is 1. The fraction of sp³-hybridized carbons (Fsp3) is 0.0588. The molecule has 0 saturated heterocycles. The summed E-state index contributed by atoms with van der Waals surface area (Å²) < 4.78 is 1.61. The first-order chi connectivity index (χ1) is 10.7. The van der Waals surface area contributed by atoms with Gasteiger partial charge in [0.25, 0.3) is 0 Å². The summed E-state index contributed by atoms with van der Waals surface area (Å²) in [6.45, 7) is 2.01. The summed E-state index contributed by atoms with van der Waals surface area (Å²) in [4.78, 5) is 19.8. The number of imidazole rings is 1. The summed E-state index contributed by atoms with van der Waals surface area (Å²) in [6.07, 6.45) is 1.69. The van der Waals surface area contributed by atoms with Crippen molar-refractivity contribution in [3.05, 3.63) is 69.7 Å². The highest BCUT2D eigenvalue weighted by atomic mass is 35.5. The molecule has 1 N–H and O–H groups in total. The second-order valence-corrected chi connectivity index (χ2v) is 5.62. The molecule has 108 valence electrons. The number of rotatable bonds is 1. The van der Waals surface area contributed by atoms with Crippen molar-refractivity contribution in [3.63, 3.8) is 0 Å². The van der Waals surface area contributed by atoms with E-state index in [9.17, 15) is 4.79 Å². The predicted molar refractivity (Wildman–Crippen MR) is 88.9 cm³/mol. The van der Waals surface area contributed by atoms with Crippen molar-refractivity contribution in [3.8, 4) is 5.69 Å². The molecule has 0 radical (unpaired) electrons. The first kappa shape index (κ1) is 13.1. The molecule has 4 rings (SSSR count). The van der Waals surface area contributed by atoms with Gasteiger partial charge in [-0.25, -0.2) is 4.79 Å². The van der Waals surface area contributed by atoms with E-state index in [-0.39, 0.29) is 5.69 Å². The number of pyridine rings is 1. The van der Waals surface area contributed by atoms with Crippen molar-refractivity contribution in [2.45, 2.75) is 6.92 Å². The molecule has 0 saturated carbocycles. The Morgan fingerprint density at radius 3 is 2.77 bits per heavy atom. The van der Waals surface area contributed by atoms with E-state index in [1.54, 1.807) is 16.8 Å². The Labute approximate surface area is 131 Å². The van der Waals surface area contributed by atoms with E-state index >= 15 is 0 Å². The van der Waals surface area contributed by atoms with Crippen LogP contribution in [0.4, 0.5) is 0 Å². The second-order valence-electron chi connectivity index (χ2n) is 5.21. The van der Waals surface area contributed by atoms with Crippen LogP contribution in [0.15, 0.2) is 53.5 Å². The standard InChI is InChI=1S/C17H12ClN3O/c1-10-5-4-6-11-15(10)19-9-13-16(11)21(17(22)20-13)14-8-3-2-7-12(14)18/h2-9H,1H3,(H,20,22). The minimum absolute atomic E-state index is 0.223. The molecule has 2 heterocycles. The van der Waals surface area contributed by atoms with Crippen LogP contribution < -0.4 is 5.69 Å². The lowest BCUT2D eigenvalue weighted by molar-refractivity contribution is 1.02. The van der Waals surface area contributed by atoms with Gasteiger partial charge in [-0.3, -0.25) is 9.55 Å². The molecule has 4 aromatic rings. The summed E-state index contributed by atoms with van der Waals surface area (Å²) in [5.41, 5.74) is 3.89. The highest BCUT2D eigenvalue weighted by Crippen LogP contribution is 2.28. The topological polar surface area (TPSA) is 50.7 Å². The Bertz CT molecular complexity index is 1080. The van der Waals surface area contributed by atoms with Crippen molar-refractivity contribution < 1.29 is 0 Å². The average molecular weight is 310 g/mol. The summed E-state index contributed by atoms with van der Waals surface area (Å²) in [6, 6.07) is 13.3. The van der Waals surface area contributed by atoms with Gasteiger partial charge in [0.05, 0.1) is 33.5 Å². The number of aromatic amines is 1. The maximum Gasteiger partial charge on any atom is 0.331 e.